The SMILES string of the molecule is CCCCCC(C(=O)NCNC(=O)c1cccc(-c2ccc(CC(=O)O)c(OCC)c2)n1)C(CC)N(O)C=O. The number of carbonyl (C=O) groups excluding carboxylic acids is 3. The smallest absolute Gasteiger partial charge is 0.307 e. The van der Waals surface area contributed by atoms with Crippen LogP contribution in [0, 0.1) is 5.92 Å². The number of hydrogen-bond acceptors (Lipinski definition) is 7. The van der Waals surface area contributed by atoms with Gasteiger partial charge in [-0.1, -0.05) is 51.3 Å². The molecule has 2 unspecified atom stereocenters. The fourth-order valence-electron chi connectivity index (χ4n) is 4.31. The number of carboxylic acid groups (broad SMARTS) is 1. The lowest BCUT2D eigenvalue weighted by Gasteiger charge is -2.29. The monoisotopic (exact) mass is 542 g/mol. The molecule has 11 nitrogen and oxygen atoms in total. The van der Waals surface area contributed by atoms with E-state index in [9.17, 15) is 24.4 Å². The molecule has 0 saturated carbocycles. The normalized spacial score (nSPS) is 12.2. The summed E-state index contributed by atoms with van der Waals surface area (Å²) in [6, 6.07) is 9.34. The lowest BCUT2D eigenvalue weighted by molar-refractivity contribution is -0.168. The molecule has 212 valence electrons. The minimum atomic E-state index is -0.970. The molecule has 0 aliphatic rings. The molecule has 4 N–H and O–H groups in total. The zero-order valence-electron chi connectivity index (χ0n) is 22.7. The quantitative estimate of drug-likeness (QED) is 0.0778. The molecule has 2 atom stereocenters. The third-order valence-electron chi connectivity index (χ3n) is 6.28. The van der Waals surface area contributed by atoms with Gasteiger partial charge in [-0.25, -0.2) is 10.0 Å². The van der Waals surface area contributed by atoms with Gasteiger partial charge in [0.2, 0.25) is 12.3 Å². The van der Waals surface area contributed by atoms with Crippen LogP contribution < -0.4 is 15.4 Å². The molecule has 0 radical (unpaired) electrons. The molecule has 39 heavy (non-hydrogen) atoms. The number of pyridine rings is 1. The molecular formula is C28H38N4O7. The largest absolute Gasteiger partial charge is 0.494 e. The number of benzene rings is 1. The Labute approximate surface area is 228 Å². The minimum absolute atomic E-state index is 0.128. The third kappa shape index (κ3) is 9.36. The number of hydroxylamine groups is 2. The maximum absolute atomic E-state index is 12.9. The molecule has 0 spiro atoms. The van der Waals surface area contributed by atoms with Crippen LogP contribution in [0.3, 0.4) is 0 Å². The highest BCUT2D eigenvalue weighted by molar-refractivity contribution is 5.93. The molecule has 0 bridgehead atoms. The topological polar surface area (TPSA) is 158 Å². The van der Waals surface area contributed by atoms with Gasteiger partial charge in [0, 0.05) is 11.1 Å². The second kappa shape index (κ2) is 16.1. The lowest BCUT2D eigenvalue weighted by atomic mass is 9.90. The number of rotatable bonds is 17. The molecule has 0 aliphatic carbocycles. The fraction of sp³-hybridized carbons (Fsp3) is 0.464. The zero-order chi connectivity index (χ0) is 28.8. The summed E-state index contributed by atoms with van der Waals surface area (Å²) >= 11 is 0. The summed E-state index contributed by atoms with van der Waals surface area (Å²) in [6.07, 6.45) is 3.65. The second-order valence-corrected chi connectivity index (χ2v) is 9.02. The van der Waals surface area contributed by atoms with E-state index < -0.39 is 23.8 Å². The van der Waals surface area contributed by atoms with Crippen molar-refractivity contribution >= 4 is 24.2 Å². The van der Waals surface area contributed by atoms with Crippen molar-refractivity contribution in [3.63, 3.8) is 0 Å². The van der Waals surface area contributed by atoms with Crippen molar-refractivity contribution in [2.75, 3.05) is 13.3 Å². The van der Waals surface area contributed by atoms with Crippen LogP contribution >= 0.6 is 0 Å². The Kier molecular flexibility index (Phi) is 12.9. The Hall–Kier alpha value is -3.99. The number of ether oxygens (including phenoxy) is 1. The fourth-order valence-corrected chi connectivity index (χ4v) is 4.31. The first-order valence-corrected chi connectivity index (χ1v) is 13.2. The molecule has 0 fully saturated rings. The number of nitrogens with one attached hydrogen (secondary N) is 2. The second-order valence-electron chi connectivity index (χ2n) is 9.02. The highest BCUT2D eigenvalue weighted by Gasteiger charge is 2.30. The summed E-state index contributed by atoms with van der Waals surface area (Å²) in [4.78, 5) is 52.4. The van der Waals surface area contributed by atoms with Crippen LogP contribution in [0.5, 0.6) is 5.75 Å². The van der Waals surface area contributed by atoms with E-state index in [1.807, 2.05) is 6.92 Å². The van der Waals surface area contributed by atoms with E-state index in [0.717, 1.165) is 19.3 Å². The molecule has 2 aromatic rings. The van der Waals surface area contributed by atoms with Crippen molar-refractivity contribution in [2.45, 2.75) is 65.3 Å². The Bertz CT molecular complexity index is 1120. The van der Waals surface area contributed by atoms with Crippen LogP contribution in [0.15, 0.2) is 36.4 Å². The van der Waals surface area contributed by atoms with Gasteiger partial charge in [-0.2, -0.15) is 0 Å². The molecular weight excluding hydrogens is 504 g/mol. The molecule has 0 saturated heterocycles. The Morgan fingerprint density at radius 3 is 2.51 bits per heavy atom. The predicted molar refractivity (Wildman–Crippen MR) is 144 cm³/mol. The molecule has 1 aromatic heterocycles. The van der Waals surface area contributed by atoms with Crippen molar-refractivity contribution in [1.82, 2.24) is 20.7 Å². The first-order chi connectivity index (χ1) is 18.7. The minimum Gasteiger partial charge on any atom is -0.494 e. The Morgan fingerprint density at radius 2 is 1.87 bits per heavy atom. The summed E-state index contributed by atoms with van der Waals surface area (Å²) in [5.74, 6) is -2.03. The number of hydrogen-bond donors (Lipinski definition) is 4. The molecule has 1 aromatic carbocycles. The number of nitrogens with zero attached hydrogens (tertiary/aromatic N) is 2. The van der Waals surface area contributed by atoms with Gasteiger partial charge in [0.05, 0.1) is 37.4 Å². The van der Waals surface area contributed by atoms with E-state index in [2.05, 4.69) is 15.6 Å². The van der Waals surface area contributed by atoms with E-state index in [0.29, 0.717) is 53.5 Å². The molecule has 3 amide bonds. The van der Waals surface area contributed by atoms with Crippen molar-refractivity contribution in [1.29, 1.82) is 0 Å². The van der Waals surface area contributed by atoms with Crippen LogP contribution in [0.25, 0.3) is 11.3 Å². The van der Waals surface area contributed by atoms with Crippen LogP contribution in [-0.2, 0) is 20.8 Å². The highest BCUT2D eigenvalue weighted by Crippen LogP contribution is 2.27. The summed E-state index contributed by atoms with van der Waals surface area (Å²) in [6.45, 7) is 5.84. The summed E-state index contributed by atoms with van der Waals surface area (Å²) in [5, 5.41) is 24.9. The van der Waals surface area contributed by atoms with Crippen LogP contribution in [0.1, 0.15) is 68.9 Å². The van der Waals surface area contributed by atoms with Crippen molar-refractivity contribution in [2.24, 2.45) is 5.92 Å². The maximum atomic E-state index is 12.9. The molecule has 11 heteroatoms. The number of aliphatic carboxylic acids is 1. The first-order valence-electron chi connectivity index (χ1n) is 13.2. The van der Waals surface area contributed by atoms with Gasteiger partial charge in [0.1, 0.15) is 11.4 Å². The highest BCUT2D eigenvalue weighted by atomic mass is 16.5. The van der Waals surface area contributed by atoms with Gasteiger partial charge in [-0.05, 0) is 38.0 Å². The molecule has 2 rings (SSSR count). The average Bonchev–Trinajstić information content (AvgIpc) is 2.93. The van der Waals surface area contributed by atoms with Crippen LogP contribution in [0.4, 0.5) is 0 Å². The van der Waals surface area contributed by atoms with Crippen molar-refractivity contribution in [3.05, 3.63) is 47.7 Å². The summed E-state index contributed by atoms with van der Waals surface area (Å²) in [5.41, 5.74) is 1.81. The molecule has 0 aliphatic heterocycles. The number of carboxylic acids is 1. The first kappa shape index (κ1) is 31.2. The van der Waals surface area contributed by atoms with Gasteiger partial charge in [0.25, 0.3) is 5.91 Å². The van der Waals surface area contributed by atoms with Gasteiger partial charge < -0.3 is 20.5 Å². The van der Waals surface area contributed by atoms with Gasteiger partial charge in [-0.3, -0.25) is 24.4 Å². The number of carbonyl (C=O) groups is 4. The Balaban J connectivity index is 2.09. The third-order valence-corrected chi connectivity index (χ3v) is 6.28. The average molecular weight is 543 g/mol. The maximum Gasteiger partial charge on any atom is 0.307 e. The van der Waals surface area contributed by atoms with Gasteiger partial charge in [-0.15, -0.1) is 0 Å². The summed E-state index contributed by atoms with van der Waals surface area (Å²) < 4.78 is 5.60. The van der Waals surface area contributed by atoms with Gasteiger partial charge >= 0.3 is 5.97 Å². The zero-order valence-corrected chi connectivity index (χ0v) is 22.7. The van der Waals surface area contributed by atoms with E-state index in [1.54, 1.807) is 44.2 Å². The van der Waals surface area contributed by atoms with Crippen molar-refractivity contribution < 1.29 is 34.2 Å². The predicted octanol–water partition coefficient (Wildman–Crippen LogP) is 3.40. The van der Waals surface area contributed by atoms with Gasteiger partial charge in [0.15, 0.2) is 0 Å². The number of amides is 3. The van der Waals surface area contributed by atoms with E-state index >= 15 is 0 Å². The van der Waals surface area contributed by atoms with Crippen molar-refractivity contribution in [3.8, 4) is 17.0 Å². The Morgan fingerprint density at radius 1 is 1.10 bits per heavy atom. The van der Waals surface area contributed by atoms with E-state index in [-0.39, 0.29) is 24.7 Å². The standard InChI is InChI=1S/C28H38N4O7/c1-4-7-8-10-21(24(5-2)32(38)18-33)27(36)29-17-30-28(37)23-12-9-11-22(31-23)19-13-14-20(16-26(34)35)25(15-19)39-6-3/h9,11-15,18,21,24,38H,4-8,10,16-17H2,1-3H3,(H,29,36)(H,30,37)(H,34,35). The van der Waals surface area contributed by atoms with E-state index in [1.165, 1.54) is 6.07 Å². The molecule has 1 heterocycles. The van der Waals surface area contributed by atoms with Crippen LogP contribution in [0.2, 0.25) is 0 Å². The van der Waals surface area contributed by atoms with Crippen LogP contribution in [-0.4, -0.2) is 63.9 Å². The lowest BCUT2D eigenvalue weighted by Crippen LogP contribution is -2.47. The number of unbranched alkanes of at least 4 members (excludes halogenated alkanes) is 2. The van der Waals surface area contributed by atoms with E-state index in [4.69, 9.17) is 9.84 Å². The number of aromatic nitrogens is 1. The summed E-state index contributed by atoms with van der Waals surface area (Å²) in [7, 11) is 0.